The molecule has 0 aliphatic heterocycles. The summed E-state index contributed by atoms with van der Waals surface area (Å²) >= 11 is 0. The fourth-order valence-corrected chi connectivity index (χ4v) is 2.96. The minimum atomic E-state index is 0.349. The second-order valence-electron chi connectivity index (χ2n) is 5.41. The molecule has 1 aromatic rings. The van der Waals surface area contributed by atoms with E-state index in [0.29, 0.717) is 5.75 Å². The van der Waals surface area contributed by atoms with Gasteiger partial charge in [-0.3, -0.25) is 4.90 Å². The van der Waals surface area contributed by atoms with Gasteiger partial charge in [0.15, 0.2) is 0 Å². The number of phenols is 1. The third kappa shape index (κ3) is 3.22. The van der Waals surface area contributed by atoms with Crippen LogP contribution in [-0.4, -0.2) is 23.1 Å². The van der Waals surface area contributed by atoms with Crippen molar-refractivity contribution in [1.82, 2.24) is 4.90 Å². The van der Waals surface area contributed by atoms with E-state index in [-0.39, 0.29) is 0 Å². The monoisotopic (exact) mass is 233 g/mol. The van der Waals surface area contributed by atoms with Crippen LogP contribution in [0.25, 0.3) is 0 Å². The van der Waals surface area contributed by atoms with Gasteiger partial charge in [0, 0.05) is 12.6 Å². The van der Waals surface area contributed by atoms with E-state index < -0.39 is 0 Å². The zero-order valence-electron chi connectivity index (χ0n) is 10.9. The van der Waals surface area contributed by atoms with E-state index in [2.05, 4.69) is 18.9 Å². The topological polar surface area (TPSA) is 23.5 Å². The first-order valence-electron chi connectivity index (χ1n) is 6.65. The molecule has 94 valence electrons. The zero-order chi connectivity index (χ0) is 12.3. The van der Waals surface area contributed by atoms with Crippen molar-refractivity contribution in [1.29, 1.82) is 0 Å². The molecule has 1 N–H and O–H groups in total. The van der Waals surface area contributed by atoms with Crippen LogP contribution in [0.5, 0.6) is 5.75 Å². The van der Waals surface area contributed by atoms with Crippen LogP contribution in [0.15, 0.2) is 24.3 Å². The Morgan fingerprint density at radius 3 is 2.47 bits per heavy atom. The molecule has 0 bridgehead atoms. The molecule has 1 aliphatic carbocycles. The van der Waals surface area contributed by atoms with E-state index in [0.717, 1.165) is 18.5 Å². The van der Waals surface area contributed by atoms with Gasteiger partial charge < -0.3 is 5.11 Å². The summed E-state index contributed by atoms with van der Waals surface area (Å²) in [5, 5.41) is 9.27. The van der Waals surface area contributed by atoms with Crippen LogP contribution >= 0.6 is 0 Å². The number of hydrogen-bond donors (Lipinski definition) is 1. The zero-order valence-corrected chi connectivity index (χ0v) is 10.9. The molecule has 17 heavy (non-hydrogen) atoms. The summed E-state index contributed by atoms with van der Waals surface area (Å²) in [6.45, 7) is 3.35. The molecule has 2 rings (SSSR count). The minimum absolute atomic E-state index is 0.349. The van der Waals surface area contributed by atoms with Gasteiger partial charge >= 0.3 is 0 Å². The van der Waals surface area contributed by atoms with Crippen molar-refractivity contribution >= 4 is 0 Å². The summed E-state index contributed by atoms with van der Waals surface area (Å²) in [5.74, 6) is 1.16. The maximum absolute atomic E-state index is 9.27. The SMILES string of the molecule is CC1CCCCC1N(C)Cc1ccc(O)cc1. The first kappa shape index (κ1) is 12.4. The average Bonchev–Trinajstić information content (AvgIpc) is 2.32. The number of benzene rings is 1. The van der Waals surface area contributed by atoms with E-state index in [1.807, 2.05) is 12.1 Å². The van der Waals surface area contributed by atoms with Crippen molar-refractivity contribution < 1.29 is 5.11 Å². The predicted octanol–water partition coefficient (Wildman–Crippen LogP) is 3.40. The highest BCUT2D eigenvalue weighted by Gasteiger charge is 2.24. The normalized spacial score (nSPS) is 25.1. The fraction of sp³-hybridized carbons (Fsp3) is 0.600. The Balaban J connectivity index is 1.95. The largest absolute Gasteiger partial charge is 0.508 e. The lowest BCUT2D eigenvalue weighted by atomic mass is 9.85. The number of phenolic OH excluding ortho intramolecular Hbond substituents is 1. The molecule has 2 atom stereocenters. The Labute approximate surface area is 104 Å². The highest BCUT2D eigenvalue weighted by molar-refractivity contribution is 5.25. The van der Waals surface area contributed by atoms with Crippen molar-refractivity contribution in [3.05, 3.63) is 29.8 Å². The Kier molecular flexibility index (Phi) is 4.06. The third-order valence-electron chi connectivity index (χ3n) is 4.00. The first-order valence-corrected chi connectivity index (χ1v) is 6.65. The summed E-state index contributed by atoms with van der Waals surface area (Å²) in [5.41, 5.74) is 1.28. The second kappa shape index (κ2) is 5.54. The second-order valence-corrected chi connectivity index (χ2v) is 5.41. The summed E-state index contributed by atoms with van der Waals surface area (Å²) in [4.78, 5) is 2.47. The number of aromatic hydroxyl groups is 1. The lowest BCUT2D eigenvalue weighted by molar-refractivity contribution is 0.133. The van der Waals surface area contributed by atoms with Crippen LogP contribution in [0.1, 0.15) is 38.2 Å². The van der Waals surface area contributed by atoms with Gasteiger partial charge in [0.2, 0.25) is 0 Å². The smallest absolute Gasteiger partial charge is 0.115 e. The highest BCUT2D eigenvalue weighted by Crippen LogP contribution is 2.28. The standard InChI is InChI=1S/C15H23NO/c1-12-5-3-4-6-15(12)16(2)11-13-7-9-14(17)10-8-13/h7-10,12,15,17H,3-6,11H2,1-2H3. The minimum Gasteiger partial charge on any atom is -0.508 e. The third-order valence-corrected chi connectivity index (χ3v) is 4.00. The molecule has 0 spiro atoms. The van der Waals surface area contributed by atoms with Crippen LogP contribution in [0.4, 0.5) is 0 Å². The van der Waals surface area contributed by atoms with Crippen LogP contribution in [-0.2, 0) is 6.54 Å². The van der Waals surface area contributed by atoms with Gasteiger partial charge in [-0.05, 0) is 43.5 Å². The van der Waals surface area contributed by atoms with Crippen molar-refractivity contribution in [3.63, 3.8) is 0 Å². The van der Waals surface area contributed by atoms with E-state index in [1.165, 1.54) is 31.2 Å². The molecule has 1 aromatic carbocycles. The molecule has 2 unspecified atom stereocenters. The van der Waals surface area contributed by atoms with E-state index in [1.54, 1.807) is 12.1 Å². The number of hydrogen-bond acceptors (Lipinski definition) is 2. The number of nitrogens with zero attached hydrogens (tertiary/aromatic N) is 1. The Morgan fingerprint density at radius 1 is 1.18 bits per heavy atom. The molecule has 2 nitrogen and oxygen atoms in total. The maximum Gasteiger partial charge on any atom is 0.115 e. The summed E-state index contributed by atoms with van der Waals surface area (Å²) < 4.78 is 0. The average molecular weight is 233 g/mol. The maximum atomic E-state index is 9.27. The Hall–Kier alpha value is -1.02. The molecular weight excluding hydrogens is 210 g/mol. The highest BCUT2D eigenvalue weighted by atomic mass is 16.3. The molecule has 0 aromatic heterocycles. The quantitative estimate of drug-likeness (QED) is 0.865. The van der Waals surface area contributed by atoms with E-state index >= 15 is 0 Å². The first-order chi connectivity index (χ1) is 8.16. The van der Waals surface area contributed by atoms with Crippen molar-refractivity contribution in [3.8, 4) is 5.75 Å². The fourth-order valence-electron chi connectivity index (χ4n) is 2.96. The molecule has 1 saturated carbocycles. The Bertz CT molecular complexity index is 346. The lowest BCUT2D eigenvalue weighted by Crippen LogP contribution is -2.38. The molecule has 0 radical (unpaired) electrons. The molecule has 0 saturated heterocycles. The Morgan fingerprint density at radius 2 is 1.82 bits per heavy atom. The predicted molar refractivity (Wildman–Crippen MR) is 71.0 cm³/mol. The van der Waals surface area contributed by atoms with Gasteiger partial charge in [0.25, 0.3) is 0 Å². The summed E-state index contributed by atoms with van der Waals surface area (Å²) in [6.07, 6.45) is 5.46. The lowest BCUT2D eigenvalue weighted by Gasteiger charge is -2.36. The van der Waals surface area contributed by atoms with Gasteiger partial charge in [-0.25, -0.2) is 0 Å². The molecule has 2 heteroatoms. The van der Waals surface area contributed by atoms with E-state index in [4.69, 9.17) is 0 Å². The van der Waals surface area contributed by atoms with Crippen molar-refractivity contribution in [2.45, 2.75) is 45.2 Å². The van der Waals surface area contributed by atoms with Crippen molar-refractivity contribution in [2.24, 2.45) is 5.92 Å². The molecule has 0 amide bonds. The molecule has 1 fully saturated rings. The summed E-state index contributed by atoms with van der Waals surface area (Å²) in [6, 6.07) is 8.29. The van der Waals surface area contributed by atoms with Crippen LogP contribution in [0, 0.1) is 5.92 Å². The van der Waals surface area contributed by atoms with E-state index in [9.17, 15) is 5.11 Å². The molecule has 0 heterocycles. The van der Waals surface area contributed by atoms with Gasteiger partial charge in [-0.15, -0.1) is 0 Å². The molecule has 1 aliphatic rings. The van der Waals surface area contributed by atoms with Crippen LogP contribution in [0.3, 0.4) is 0 Å². The number of rotatable bonds is 3. The van der Waals surface area contributed by atoms with Gasteiger partial charge in [0.05, 0.1) is 0 Å². The van der Waals surface area contributed by atoms with Crippen molar-refractivity contribution in [2.75, 3.05) is 7.05 Å². The van der Waals surface area contributed by atoms with Gasteiger partial charge in [-0.1, -0.05) is 31.9 Å². The van der Waals surface area contributed by atoms with Gasteiger partial charge in [-0.2, -0.15) is 0 Å². The van der Waals surface area contributed by atoms with Crippen LogP contribution in [0.2, 0.25) is 0 Å². The van der Waals surface area contributed by atoms with Crippen LogP contribution < -0.4 is 0 Å². The summed E-state index contributed by atoms with van der Waals surface area (Å²) in [7, 11) is 2.22. The molecular formula is C15H23NO. The van der Waals surface area contributed by atoms with Gasteiger partial charge in [0.1, 0.15) is 5.75 Å².